The number of hydrogen-bond acceptors (Lipinski definition) is 16. The zero-order valence-corrected chi connectivity index (χ0v) is 55.6. The normalized spacial score (nSPS) is 18.5. The Labute approximate surface area is 546 Å². The number of pyridine rings is 4. The zero-order valence-electron chi connectivity index (χ0n) is 52.4. The first kappa shape index (κ1) is 72.0. The predicted molar refractivity (Wildman–Crippen MR) is 337 cm³/mol. The number of carbonyl (C=O) groups excluding carboxylic acids is 1. The third kappa shape index (κ3) is 19.4. The number of nitrogens with zero attached hydrogens (tertiary/aromatic N) is 8. The maximum Gasteiger partial charge on any atom is 0.394 e. The summed E-state index contributed by atoms with van der Waals surface area (Å²) in [5, 5.41) is 27.8. The van der Waals surface area contributed by atoms with E-state index in [0.717, 1.165) is 42.9 Å². The van der Waals surface area contributed by atoms with Gasteiger partial charge in [0.1, 0.15) is 21.9 Å². The van der Waals surface area contributed by atoms with Crippen LogP contribution in [0.15, 0.2) is 83.1 Å². The molecule has 6 N–H and O–H groups in total. The van der Waals surface area contributed by atoms with Gasteiger partial charge in [-0.05, 0) is 187 Å². The van der Waals surface area contributed by atoms with E-state index in [-0.39, 0.29) is 107 Å². The van der Waals surface area contributed by atoms with E-state index in [1.54, 1.807) is 12.1 Å². The number of halogens is 8. The molecule has 508 valence electrons. The van der Waals surface area contributed by atoms with Crippen LogP contribution in [0.2, 0.25) is 10.3 Å². The van der Waals surface area contributed by atoms with Gasteiger partial charge in [0.25, 0.3) is 26.0 Å². The number of anilines is 2. The van der Waals surface area contributed by atoms with Crippen molar-refractivity contribution in [3.63, 3.8) is 0 Å². The molecule has 0 spiro atoms. The van der Waals surface area contributed by atoms with Crippen LogP contribution in [0.4, 0.5) is 38.0 Å². The number of nitrogens with one attached hydrogen (secondary N) is 3. The van der Waals surface area contributed by atoms with Gasteiger partial charge in [0, 0.05) is 37.6 Å². The molecule has 6 heterocycles. The quantitative estimate of drug-likeness (QED) is 0.0202. The second-order valence-corrected chi connectivity index (χ2v) is 29.9. The van der Waals surface area contributed by atoms with E-state index in [0.29, 0.717) is 34.9 Å². The Morgan fingerprint density at radius 1 is 0.624 bits per heavy atom. The van der Waals surface area contributed by atoms with Gasteiger partial charge in [-0.15, -0.1) is 10.2 Å². The lowest BCUT2D eigenvalue weighted by Gasteiger charge is -2.18. The number of aryl methyl sites for hydroxylation is 2. The molecule has 0 aliphatic heterocycles. The Bertz CT molecular complexity index is 3860. The third-order valence-electron chi connectivity index (χ3n) is 17.6. The summed E-state index contributed by atoms with van der Waals surface area (Å²) in [5.74, 6) is 1.06. The summed E-state index contributed by atoms with van der Waals surface area (Å²) < 4.78 is 142. The molecule has 6 aromatic heterocycles. The minimum absolute atomic E-state index is 0.0851. The molecule has 6 aromatic rings. The van der Waals surface area contributed by atoms with Crippen LogP contribution in [0.1, 0.15) is 162 Å². The molecular weight excluding hydrogens is 1310 g/mol. The second-order valence-electron chi connectivity index (χ2n) is 26.1. The number of aromatic nitrogens is 8. The summed E-state index contributed by atoms with van der Waals surface area (Å²) in [6.45, 7) is 14.2. The summed E-state index contributed by atoms with van der Waals surface area (Å²) in [7, 11) is -8.10. The standard InChI is InChI=1S/C31H38ClF3N6O4S.C16H27N3O2S.C15H13ClF3N3O3/c1-20-6-9-25(38-27(20)36-16-4-5-21-10-12-29(2,3)19-21)46(43,44)40-28(42)22-7-8-23(37-26(22)32)41-17-11-24(39-41)45-18-15-30(13-14-30)31(33,34)35;1-12-6-7-14(22(17,20)21)19-15(12)18-10-4-5-13-8-9-16(2,3)11-13;16-12-9(13(23)24)1-2-10(20-12)22-7-3-11(21-22)25-8-6-14(4-5-14)15(17,18)19/h6-9,11,17,21H,4-5,10,12-16,18-19H2,1-3H3,(H,36,38)(H,40,42);6-7,13H,4-5,8-11H2,1-3H3,(H,18,19)(H2,17,20,21);1-3,7H,4-6,8H2,(H,23,24). The number of ether oxygens (including phenoxy) is 2. The third-order valence-corrected chi connectivity index (χ3v) is 20.2. The van der Waals surface area contributed by atoms with Crippen molar-refractivity contribution in [2.24, 2.45) is 38.6 Å². The fourth-order valence-corrected chi connectivity index (χ4v) is 13.4. The van der Waals surface area contributed by atoms with E-state index >= 15 is 0 Å². The molecule has 31 heteroatoms. The highest BCUT2D eigenvalue weighted by atomic mass is 35.5. The number of sulfonamides is 2. The van der Waals surface area contributed by atoms with Crippen LogP contribution in [0.3, 0.4) is 0 Å². The number of rotatable bonds is 25. The van der Waals surface area contributed by atoms with Crippen molar-refractivity contribution in [2.75, 3.05) is 36.9 Å². The molecule has 4 aliphatic rings. The summed E-state index contributed by atoms with van der Waals surface area (Å²) in [4.78, 5) is 40.3. The summed E-state index contributed by atoms with van der Waals surface area (Å²) in [6.07, 6.45) is 6.65. The van der Waals surface area contributed by atoms with Crippen LogP contribution in [0.5, 0.6) is 11.8 Å². The molecule has 4 aliphatic carbocycles. The second kappa shape index (κ2) is 29.0. The molecule has 0 aromatic carbocycles. The van der Waals surface area contributed by atoms with Crippen molar-refractivity contribution in [2.45, 2.75) is 167 Å². The van der Waals surface area contributed by atoms with E-state index in [1.807, 2.05) is 18.6 Å². The van der Waals surface area contributed by atoms with Crippen molar-refractivity contribution < 1.29 is 67.3 Å². The number of hydrogen-bond donors (Lipinski definition) is 5. The molecule has 93 heavy (non-hydrogen) atoms. The number of carboxylic acids is 1. The van der Waals surface area contributed by atoms with Gasteiger partial charge in [-0.2, -0.15) is 34.8 Å². The van der Waals surface area contributed by atoms with Crippen molar-refractivity contribution in [3.05, 3.63) is 106 Å². The highest BCUT2D eigenvalue weighted by molar-refractivity contribution is 7.90. The topological polar surface area (TPSA) is 290 Å². The van der Waals surface area contributed by atoms with Gasteiger partial charge in [0.15, 0.2) is 21.7 Å². The van der Waals surface area contributed by atoms with E-state index in [2.05, 4.69) is 68.5 Å². The molecule has 0 saturated heterocycles. The molecule has 10 rings (SSSR count). The number of carboxylic acid groups (broad SMARTS) is 1. The van der Waals surface area contributed by atoms with Crippen molar-refractivity contribution >= 4 is 66.8 Å². The Morgan fingerprint density at radius 3 is 1.42 bits per heavy atom. The first-order valence-corrected chi connectivity index (χ1v) is 34.4. The minimum Gasteiger partial charge on any atom is -0.478 e. The maximum absolute atomic E-state index is 13.1. The average Bonchev–Trinajstić information content (AvgIpc) is 1.66. The van der Waals surface area contributed by atoms with Gasteiger partial charge in [0.05, 0.1) is 35.2 Å². The predicted octanol–water partition coefficient (Wildman–Crippen LogP) is 13.7. The molecule has 4 saturated carbocycles. The van der Waals surface area contributed by atoms with Gasteiger partial charge in [-0.3, -0.25) is 4.79 Å². The Balaban J connectivity index is 0.000000198. The molecule has 2 unspecified atom stereocenters. The smallest absolute Gasteiger partial charge is 0.394 e. The first-order valence-electron chi connectivity index (χ1n) is 30.6. The monoisotopic (exact) mass is 1380 g/mol. The molecule has 21 nitrogen and oxygen atoms in total. The van der Waals surface area contributed by atoms with Gasteiger partial charge >= 0.3 is 18.3 Å². The Kier molecular flexibility index (Phi) is 22.5. The van der Waals surface area contributed by atoms with Crippen LogP contribution in [0, 0.1) is 47.3 Å². The number of amides is 1. The molecule has 1 amide bonds. The fourth-order valence-electron chi connectivity index (χ4n) is 11.6. The molecule has 0 bridgehead atoms. The number of nitrogens with two attached hydrogens (primary N) is 1. The van der Waals surface area contributed by atoms with Gasteiger partial charge in [0.2, 0.25) is 11.8 Å². The SMILES string of the molecule is Cc1ccc(S(=O)(=O)NC(=O)c2ccc(-n3ccc(OCCC4(C(F)(F)F)CC4)n3)nc2Cl)nc1NCCCC1CCC(C)(C)C1.Cc1ccc(S(N)(=O)=O)nc1NCCCC1CCC(C)(C)C1.O=C(O)c1ccc(-n2ccc(OCCC3(C(F)(F)F)CC3)n2)nc1Cl. The van der Waals surface area contributed by atoms with Crippen LogP contribution in [0.25, 0.3) is 11.6 Å². The highest BCUT2D eigenvalue weighted by Gasteiger charge is 2.63. The Morgan fingerprint density at radius 2 is 1.04 bits per heavy atom. The summed E-state index contributed by atoms with van der Waals surface area (Å²) in [5.41, 5.74) is -1.02. The first-order chi connectivity index (χ1) is 43.5. The maximum atomic E-state index is 13.1. The fraction of sp³-hybridized carbons (Fsp3) is 0.548. The zero-order chi connectivity index (χ0) is 68.0. The number of primary sulfonamides is 1. The highest BCUT2D eigenvalue weighted by Crippen LogP contribution is 2.61. The van der Waals surface area contributed by atoms with Crippen LogP contribution >= 0.6 is 23.2 Å². The van der Waals surface area contributed by atoms with Gasteiger partial charge in [-0.25, -0.2) is 52.4 Å². The van der Waals surface area contributed by atoms with Crippen LogP contribution in [-0.2, 0) is 20.0 Å². The lowest BCUT2D eigenvalue weighted by atomic mass is 9.89. The van der Waals surface area contributed by atoms with Crippen LogP contribution < -0.4 is 30.0 Å². The average molecular weight is 1380 g/mol. The summed E-state index contributed by atoms with van der Waals surface area (Å²) in [6, 6.07) is 14.4. The summed E-state index contributed by atoms with van der Waals surface area (Å²) >= 11 is 12.0. The lowest BCUT2D eigenvalue weighted by molar-refractivity contribution is -0.190. The molecule has 4 fully saturated rings. The van der Waals surface area contributed by atoms with Crippen molar-refractivity contribution in [3.8, 4) is 23.4 Å². The molecular formula is C62H78Cl2F6N12O9S2. The van der Waals surface area contributed by atoms with E-state index in [4.69, 9.17) is 42.9 Å². The van der Waals surface area contributed by atoms with E-state index in [1.165, 1.54) is 115 Å². The Hall–Kier alpha value is -6.82. The minimum atomic E-state index is -4.35. The van der Waals surface area contributed by atoms with Crippen molar-refractivity contribution in [1.82, 2.24) is 44.2 Å². The van der Waals surface area contributed by atoms with E-state index in [9.17, 15) is 52.8 Å². The van der Waals surface area contributed by atoms with Gasteiger partial charge < -0.3 is 25.2 Å². The van der Waals surface area contributed by atoms with Crippen molar-refractivity contribution in [1.29, 1.82) is 0 Å². The molecule has 2 atom stereocenters. The number of carbonyl (C=O) groups is 2. The molecule has 0 radical (unpaired) electrons. The number of aromatic carboxylic acids is 1. The van der Waals surface area contributed by atoms with E-state index < -0.39 is 55.1 Å². The van der Waals surface area contributed by atoms with Gasteiger partial charge in [-0.1, -0.05) is 63.0 Å². The lowest BCUT2D eigenvalue weighted by Crippen LogP contribution is -2.31. The largest absolute Gasteiger partial charge is 0.478 e. The van der Waals surface area contributed by atoms with Crippen LogP contribution in [-0.4, -0.2) is 112 Å². The number of alkyl halides is 6.